The molecule has 1 heterocycles. The summed E-state index contributed by atoms with van der Waals surface area (Å²) in [6.45, 7) is 3.65. The van der Waals surface area contributed by atoms with Crippen molar-refractivity contribution in [3.63, 3.8) is 0 Å². The smallest absolute Gasteiger partial charge is 0.315 e. The molecule has 1 aliphatic carbocycles. The van der Waals surface area contributed by atoms with E-state index in [1.165, 1.54) is 5.56 Å². The summed E-state index contributed by atoms with van der Waals surface area (Å²) in [7, 11) is 1.72. The van der Waals surface area contributed by atoms with Gasteiger partial charge in [-0.2, -0.15) is 0 Å². The molecule has 2 fully saturated rings. The minimum Gasteiger partial charge on any atom is -0.383 e. The van der Waals surface area contributed by atoms with Gasteiger partial charge in [-0.25, -0.2) is 4.79 Å². The zero-order valence-electron chi connectivity index (χ0n) is 13.8. The van der Waals surface area contributed by atoms with E-state index in [1.54, 1.807) is 7.11 Å². The fraction of sp³-hybridized carbons (Fsp3) is 0.611. The summed E-state index contributed by atoms with van der Waals surface area (Å²) >= 11 is 0. The van der Waals surface area contributed by atoms with Crippen LogP contribution >= 0.6 is 0 Å². The second-order valence-corrected chi connectivity index (χ2v) is 6.67. The molecular formula is C18H27N3O2. The first-order valence-corrected chi connectivity index (χ1v) is 8.58. The molecule has 3 rings (SSSR count). The lowest BCUT2D eigenvalue weighted by atomic mass is 9.76. The fourth-order valence-electron chi connectivity index (χ4n) is 3.52. The van der Waals surface area contributed by atoms with Crippen molar-refractivity contribution in [3.8, 4) is 0 Å². The number of hydrogen-bond donors (Lipinski definition) is 2. The highest BCUT2D eigenvalue weighted by atomic mass is 16.5. The van der Waals surface area contributed by atoms with Crippen LogP contribution in [-0.4, -0.2) is 56.4 Å². The van der Waals surface area contributed by atoms with Gasteiger partial charge < -0.3 is 15.4 Å². The molecule has 0 spiro atoms. The second kappa shape index (κ2) is 7.79. The van der Waals surface area contributed by atoms with E-state index in [4.69, 9.17) is 4.74 Å². The Morgan fingerprint density at radius 2 is 1.96 bits per heavy atom. The molecule has 0 radical (unpaired) electrons. The van der Waals surface area contributed by atoms with Gasteiger partial charge in [-0.3, -0.25) is 4.90 Å². The summed E-state index contributed by atoms with van der Waals surface area (Å²) in [5, 5.41) is 6.21. The average molecular weight is 317 g/mol. The summed E-state index contributed by atoms with van der Waals surface area (Å²) in [5.41, 5.74) is 1.38. The van der Waals surface area contributed by atoms with Crippen molar-refractivity contribution in [3.05, 3.63) is 35.9 Å². The number of amides is 2. The average Bonchev–Trinajstić information content (AvgIpc) is 2.96. The molecule has 23 heavy (non-hydrogen) atoms. The zero-order chi connectivity index (χ0) is 16.1. The molecule has 0 aromatic heterocycles. The van der Waals surface area contributed by atoms with Crippen LogP contribution in [0.4, 0.5) is 4.79 Å². The number of methoxy groups -OCH3 is 1. The topological polar surface area (TPSA) is 53.6 Å². The van der Waals surface area contributed by atoms with Gasteiger partial charge in [0.25, 0.3) is 0 Å². The first-order valence-electron chi connectivity index (χ1n) is 8.58. The van der Waals surface area contributed by atoms with Crippen LogP contribution in [0.3, 0.4) is 0 Å². The largest absolute Gasteiger partial charge is 0.383 e. The van der Waals surface area contributed by atoms with Gasteiger partial charge in [-0.05, 0) is 30.7 Å². The Balaban J connectivity index is 1.34. The zero-order valence-corrected chi connectivity index (χ0v) is 13.8. The first kappa shape index (κ1) is 16.3. The third-order valence-electron chi connectivity index (χ3n) is 4.96. The van der Waals surface area contributed by atoms with Crippen LogP contribution in [0.5, 0.6) is 0 Å². The Bertz CT molecular complexity index is 502. The monoisotopic (exact) mass is 317 g/mol. The number of carbonyl (C=O) groups is 1. The first-order chi connectivity index (χ1) is 11.2. The molecule has 5 nitrogen and oxygen atoms in total. The van der Waals surface area contributed by atoms with E-state index in [0.29, 0.717) is 12.0 Å². The number of hydrogen-bond acceptors (Lipinski definition) is 3. The number of carbonyl (C=O) groups excluding carboxylic acids is 1. The van der Waals surface area contributed by atoms with Gasteiger partial charge in [0.05, 0.1) is 6.61 Å². The van der Waals surface area contributed by atoms with E-state index in [-0.39, 0.29) is 12.1 Å². The Hall–Kier alpha value is -1.59. The lowest BCUT2D eigenvalue weighted by molar-refractivity contribution is 0.159. The molecular weight excluding hydrogens is 290 g/mol. The summed E-state index contributed by atoms with van der Waals surface area (Å²) in [4.78, 5) is 14.4. The molecule has 126 valence electrons. The molecule has 2 aliphatic rings. The van der Waals surface area contributed by atoms with Crippen LogP contribution in [0.2, 0.25) is 0 Å². The molecule has 1 saturated carbocycles. The maximum Gasteiger partial charge on any atom is 0.315 e. The van der Waals surface area contributed by atoms with Gasteiger partial charge in [-0.15, -0.1) is 0 Å². The van der Waals surface area contributed by atoms with Crippen LogP contribution in [0, 0.1) is 0 Å². The number of likely N-dealkylation sites (tertiary alicyclic amines) is 1. The van der Waals surface area contributed by atoms with Crippen LogP contribution < -0.4 is 10.6 Å². The Labute approximate surface area is 138 Å². The maximum atomic E-state index is 12.1. The summed E-state index contributed by atoms with van der Waals surface area (Å²) < 4.78 is 5.10. The van der Waals surface area contributed by atoms with Crippen LogP contribution in [0.15, 0.2) is 30.3 Å². The number of nitrogens with zero attached hydrogens (tertiary/aromatic N) is 1. The molecule has 1 unspecified atom stereocenters. The second-order valence-electron chi connectivity index (χ2n) is 6.67. The molecule has 5 heteroatoms. The van der Waals surface area contributed by atoms with Crippen molar-refractivity contribution >= 4 is 6.03 Å². The minimum absolute atomic E-state index is 0.0138. The molecule has 1 aliphatic heterocycles. The summed E-state index contributed by atoms with van der Waals surface area (Å²) in [6.07, 6.45) is 3.11. The Morgan fingerprint density at radius 3 is 2.70 bits per heavy atom. The van der Waals surface area contributed by atoms with Crippen LogP contribution in [-0.2, 0) is 4.74 Å². The van der Waals surface area contributed by atoms with Crippen molar-refractivity contribution < 1.29 is 9.53 Å². The highest BCUT2D eigenvalue weighted by Gasteiger charge is 2.32. The summed E-state index contributed by atoms with van der Waals surface area (Å²) in [5.74, 6) is 0.595. The lowest BCUT2D eigenvalue weighted by Gasteiger charge is -2.36. The van der Waals surface area contributed by atoms with E-state index in [2.05, 4.69) is 39.8 Å². The minimum atomic E-state index is -0.0138. The van der Waals surface area contributed by atoms with Gasteiger partial charge in [0.1, 0.15) is 0 Å². The summed E-state index contributed by atoms with van der Waals surface area (Å²) in [6, 6.07) is 11.1. The standard InChI is InChI=1S/C18H27N3O2/c1-23-10-9-21-8-7-16(13-21)19-18(22)20-17-11-15(12-17)14-5-3-2-4-6-14/h2-6,15-17H,7-13H2,1H3,(H2,19,20,22). The number of benzene rings is 1. The molecule has 0 bridgehead atoms. The van der Waals surface area contributed by atoms with Gasteiger partial charge in [0, 0.05) is 38.8 Å². The fourth-order valence-corrected chi connectivity index (χ4v) is 3.52. The predicted octanol–water partition coefficient (Wildman–Crippen LogP) is 1.95. The van der Waals surface area contributed by atoms with E-state index in [1.807, 2.05) is 6.07 Å². The van der Waals surface area contributed by atoms with E-state index in [9.17, 15) is 4.79 Å². The molecule has 2 N–H and O–H groups in total. The van der Waals surface area contributed by atoms with Gasteiger partial charge in [-0.1, -0.05) is 30.3 Å². The molecule has 1 atom stereocenters. The quantitative estimate of drug-likeness (QED) is 0.843. The van der Waals surface area contributed by atoms with Crippen LogP contribution in [0.1, 0.15) is 30.7 Å². The van der Waals surface area contributed by atoms with Crippen molar-refractivity contribution in [2.24, 2.45) is 0 Å². The van der Waals surface area contributed by atoms with Crippen molar-refractivity contribution in [1.29, 1.82) is 0 Å². The normalized spacial score (nSPS) is 27.4. The van der Waals surface area contributed by atoms with Crippen molar-refractivity contribution in [1.82, 2.24) is 15.5 Å². The number of rotatable bonds is 6. The lowest BCUT2D eigenvalue weighted by Crippen LogP contribution is -2.50. The third-order valence-corrected chi connectivity index (χ3v) is 4.96. The highest BCUT2D eigenvalue weighted by Crippen LogP contribution is 2.36. The van der Waals surface area contributed by atoms with Crippen molar-refractivity contribution in [2.45, 2.75) is 37.3 Å². The number of nitrogens with one attached hydrogen (secondary N) is 2. The van der Waals surface area contributed by atoms with Crippen molar-refractivity contribution in [2.75, 3.05) is 33.4 Å². The Morgan fingerprint density at radius 1 is 1.22 bits per heavy atom. The van der Waals surface area contributed by atoms with Gasteiger partial charge in [0.2, 0.25) is 0 Å². The predicted molar refractivity (Wildman–Crippen MR) is 90.6 cm³/mol. The molecule has 1 aromatic carbocycles. The molecule has 2 amide bonds. The van der Waals surface area contributed by atoms with Crippen LogP contribution in [0.25, 0.3) is 0 Å². The molecule has 1 saturated heterocycles. The molecule has 1 aromatic rings. The number of urea groups is 1. The maximum absolute atomic E-state index is 12.1. The Kier molecular flexibility index (Phi) is 5.51. The van der Waals surface area contributed by atoms with E-state index < -0.39 is 0 Å². The third kappa shape index (κ3) is 4.45. The van der Waals surface area contributed by atoms with E-state index >= 15 is 0 Å². The highest BCUT2D eigenvalue weighted by molar-refractivity contribution is 5.74. The van der Waals surface area contributed by atoms with E-state index in [0.717, 1.165) is 45.5 Å². The number of ether oxygens (including phenoxy) is 1. The van der Waals surface area contributed by atoms with Gasteiger partial charge in [0.15, 0.2) is 0 Å². The SMILES string of the molecule is COCCN1CCC(NC(=O)NC2CC(c3ccccc3)C2)C1. The van der Waals surface area contributed by atoms with Gasteiger partial charge >= 0.3 is 6.03 Å².